The Kier molecular flexibility index (Phi) is 4.96. The fourth-order valence-corrected chi connectivity index (χ4v) is 2.34. The number of rotatable bonds is 7. The minimum absolute atomic E-state index is 0.238. The summed E-state index contributed by atoms with van der Waals surface area (Å²) in [5, 5.41) is 8.77. The van der Waals surface area contributed by atoms with E-state index in [4.69, 9.17) is 4.74 Å². The van der Waals surface area contributed by atoms with Crippen LogP contribution >= 0.6 is 0 Å². The summed E-state index contributed by atoms with van der Waals surface area (Å²) in [4.78, 5) is 12.3. The maximum atomic E-state index is 12.3. The summed E-state index contributed by atoms with van der Waals surface area (Å²) in [6, 6.07) is 7.98. The van der Waals surface area contributed by atoms with Gasteiger partial charge < -0.3 is 10.1 Å². The highest BCUT2D eigenvalue weighted by Crippen LogP contribution is 2.17. The Hall–Kier alpha value is -1.88. The number of nitrogens with zero attached hydrogens (tertiary/aromatic N) is 2. The normalized spacial score (nSPS) is 14.0. The molecule has 1 atom stereocenters. The smallest absolute Gasteiger partial charge is 0.327 e. The highest BCUT2D eigenvalue weighted by atomic mass is 16.5. The van der Waals surface area contributed by atoms with E-state index in [1.807, 2.05) is 49.0 Å². The lowest BCUT2D eigenvalue weighted by Gasteiger charge is -2.28. The van der Waals surface area contributed by atoms with Crippen LogP contribution in [0, 0.1) is 0 Å². The number of para-hydroxylation sites is 1. The van der Waals surface area contributed by atoms with Crippen molar-refractivity contribution in [2.24, 2.45) is 0 Å². The molecule has 1 heterocycles. The highest BCUT2D eigenvalue weighted by molar-refractivity contribution is 5.81. The van der Waals surface area contributed by atoms with Gasteiger partial charge in [-0.3, -0.25) is 4.68 Å². The lowest BCUT2D eigenvalue weighted by molar-refractivity contribution is -0.151. The van der Waals surface area contributed by atoms with Gasteiger partial charge in [0.2, 0.25) is 0 Å². The standard InChI is InChI=1S/C16H23N3O2/c1-4-10-17-16(3,15(20)21-5-2)12-19-14-9-7-6-8-13(14)11-18-19/h6-9,11,17H,4-5,10,12H2,1-3H3. The van der Waals surface area contributed by atoms with Crippen LogP contribution in [0.25, 0.3) is 10.9 Å². The van der Waals surface area contributed by atoms with Crippen molar-refractivity contribution in [1.29, 1.82) is 0 Å². The summed E-state index contributed by atoms with van der Waals surface area (Å²) in [7, 11) is 0. The molecule has 2 aromatic rings. The van der Waals surface area contributed by atoms with Gasteiger partial charge in [-0.15, -0.1) is 0 Å². The molecule has 0 saturated carbocycles. The van der Waals surface area contributed by atoms with Crippen LogP contribution in [0.3, 0.4) is 0 Å². The maximum Gasteiger partial charge on any atom is 0.327 e. The monoisotopic (exact) mass is 289 g/mol. The zero-order valence-electron chi connectivity index (χ0n) is 12.9. The Bertz CT molecular complexity index is 608. The second-order valence-corrected chi connectivity index (χ2v) is 5.34. The third kappa shape index (κ3) is 3.42. The lowest BCUT2D eigenvalue weighted by atomic mass is 10.0. The Morgan fingerprint density at radius 3 is 2.86 bits per heavy atom. The molecule has 0 spiro atoms. The molecule has 0 aliphatic rings. The van der Waals surface area contributed by atoms with Crippen molar-refractivity contribution in [2.75, 3.05) is 13.2 Å². The number of aromatic nitrogens is 2. The number of carbonyl (C=O) groups is 1. The number of hydrogen-bond acceptors (Lipinski definition) is 4. The van der Waals surface area contributed by atoms with Crippen LogP contribution in [-0.4, -0.2) is 34.4 Å². The topological polar surface area (TPSA) is 56.2 Å². The Labute approximate surface area is 125 Å². The van der Waals surface area contributed by atoms with Gasteiger partial charge in [0.05, 0.1) is 24.9 Å². The summed E-state index contributed by atoms with van der Waals surface area (Å²) < 4.78 is 7.08. The van der Waals surface area contributed by atoms with E-state index < -0.39 is 5.54 Å². The molecular formula is C16H23N3O2. The van der Waals surface area contributed by atoms with Crippen molar-refractivity contribution < 1.29 is 9.53 Å². The van der Waals surface area contributed by atoms with Crippen molar-refractivity contribution in [3.05, 3.63) is 30.5 Å². The summed E-state index contributed by atoms with van der Waals surface area (Å²) in [5.41, 5.74) is 0.243. The van der Waals surface area contributed by atoms with E-state index >= 15 is 0 Å². The second kappa shape index (κ2) is 6.72. The first kappa shape index (κ1) is 15.5. The van der Waals surface area contributed by atoms with Crippen molar-refractivity contribution in [3.8, 4) is 0 Å². The zero-order valence-corrected chi connectivity index (χ0v) is 12.9. The molecule has 0 fully saturated rings. The molecule has 5 nitrogen and oxygen atoms in total. The van der Waals surface area contributed by atoms with E-state index in [1.165, 1.54) is 0 Å². The quantitative estimate of drug-likeness (QED) is 0.795. The molecule has 0 bridgehead atoms. The molecule has 21 heavy (non-hydrogen) atoms. The van der Waals surface area contributed by atoms with Crippen molar-refractivity contribution in [1.82, 2.24) is 15.1 Å². The molecule has 1 aromatic heterocycles. The molecule has 114 valence electrons. The maximum absolute atomic E-state index is 12.3. The van der Waals surface area contributed by atoms with E-state index in [1.54, 1.807) is 0 Å². The van der Waals surface area contributed by atoms with Crippen molar-refractivity contribution >= 4 is 16.9 Å². The van der Waals surface area contributed by atoms with E-state index in [9.17, 15) is 4.79 Å². The minimum Gasteiger partial charge on any atom is -0.465 e. The van der Waals surface area contributed by atoms with Gasteiger partial charge in [-0.2, -0.15) is 5.10 Å². The van der Waals surface area contributed by atoms with Crippen molar-refractivity contribution in [3.63, 3.8) is 0 Å². The van der Waals surface area contributed by atoms with E-state index in [0.29, 0.717) is 13.2 Å². The van der Waals surface area contributed by atoms with Crippen LogP contribution in [-0.2, 0) is 16.1 Å². The Morgan fingerprint density at radius 1 is 1.38 bits per heavy atom. The van der Waals surface area contributed by atoms with Gasteiger partial charge >= 0.3 is 5.97 Å². The summed E-state index contributed by atoms with van der Waals surface area (Å²) in [6.45, 7) is 7.34. The largest absolute Gasteiger partial charge is 0.465 e. The SMILES string of the molecule is CCCNC(C)(Cn1ncc2ccccc21)C(=O)OCC. The molecule has 5 heteroatoms. The van der Waals surface area contributed by atoms with Crippen LogP contribution < -0.4 is 5.32 Å². The number of nitrogens with one attached hydrogen (secondary N) is 1. The van der Waals surface area contributed by atoms with Gasteiger partial charge in [0.25, 0.3) is 0 Å². The van der Waals surface area contributed by atoms with Crippen LogP contribution in [0.4, 0.5) is 0 Å². The van der Waals surface area contributed by atoms with Gasteiger partial charge in [0.1, 0.15) is 5.54 Å². The summed E-state index contributed by atoms with van der Waals surface area (Å²) in [5.74, 6) is -0.238. The fraction of sp³-hybridized carbons (Fsp3) is 0.500. The Balaban J connectivity index is 2.27. The number of fused-ring (bicyclic) bond motifs is 1. The van der Waals surface area contributed by atoms with Gasteiger partial charge in [-0.1, -0.05) is 25.1 Å². The molecule has 0 aliphatic carbocycles. The second-order valence-electron chi connectivity index (χ2n) is 5.34. The van der Waals surface area contributed by atoms with Crippen LogP contribution in [0.1, 0.15) is 27.2 Å². The number of ether oxygens (including phenoxy) is 1. The van der Waals surface area contributed by atoms with E-state index in [-0.39, 0.29) is 5.97 Å². The molecule has 2 rings (SSSR count). The molecule has 0 radical (unpaired) electrons. The molecule has 1 N–H and O–H groups in total. The van der Waals surface area contributed by atoms with Gasteiger partial charge in [-0.05, 0) is 32.9 Å². The van der Waals surface area contributed by atoms with Crippen LogP contribution in [0.2, 0.25) is 0 Å². The lowest BCUT2D eigenvalue weighted by Crippen LogP contribution is -2.53. The fourth-order valence-electron chi connectivity index (χ4n) is 2.34. The first-order valence-electron chi connectivity index (χ1n) is 7.43. The average molecular weight is 289 g/mol. The predicted molar refractivity (Wildman–Crippen MR) is 83.1 cm³/mol. The molecule has 0 amide bonds. The predicted octanol–water partition coefficient (Wildman–Crippen LogP) is 2.36. The van der Waals surface area contributed by atoms with Gasteiger partial charge in [0, 0.05) is 5.39 Å². The first-order valence-corrected chi connectivity index (χ1v) is 7.43. The first-order chi connectivity index (χ1) is 10.1. The zero-order chi connectivity index (χ0) is 15.3. The number of benzene rings is 1. The van der Waals surface area contributed by atoms with Crippen LogP contribution in [0.15, 0.2) is 30.5 Å². The molecule has 1 aromatic carbocycles. The summed E-state index contributed by atoms with van der Waals surface area (Å²) in [6.07, 6.45) is 2.77. The third-order valence-electron chi connectivity index (χ3n) is 3.51. The Morgan fingerprint density at radius 2 is 2.14 bits per heavy atom. The van der Waals surface area contributed by atoms with Crippen LogP contribution in [0.5, 0.6) is 0 Å². The number of hydrogen-bond donors (Lipinski definition) is 1. The average Bonchev–Trinajstić information content (AvgIpc) is 2.89. The molecule has 1 unspecified atom stereocenters. The third-order valence-corrected chi connectivity index (χ3v) is 3.51. The number of esters is 1. The van der Waals surface area contributed by atoms with E-state index in [2.05, 4.69) is 17.3 Å². The number of carbonyl (C=O) groups excluding carboxylic acids is 1. The summed E-state index contributed by atoms with van der Waals surface area (Å²) >= 11 is 0. The highest BCUT2D eigenvalue weighted by Gasteiger charge is 2.35. The van der Waals surface area contributed by atoms with Gasteiger partial charge in [-0.25, -0.2) is 4.79 Å². The van der Waals surface area contributed by atoms with Gasteiger partial charge in [0.15, 0.2) is 0 Å². The molecule has 0 aliphatic heterocycles. The van der Waals surface area contributed by atoms with E-state index in [0.717, 1.165) is 23.9 Å². The van der Waals surface area contributed by atoms with Crippen molar-refractivity contribution in [2.45, 2.75) is 39.3 Å². The molecule has 0 saturated heterocycles. The minimum atomic E-state index is -0.777. The molecular weight excluding hydrogens is 266 g/mol.